The van der Waals surface area contributed by atoms with Crippen LogP contribution in [-0.2, 0) is 11.3 Å². The minimum atomic E-state index is -0.599. The first-order valence-corrected chi connectivity index (χ1v) is 8.81. The van der Waals surface area contributed by atoms with Crippen LogP contribution in [0.25, 0.3) is 0 Å². The Balaban J connectivity index is 2.00. The number of hydrogen-bond acceptors (Lipinski definition) is 5. The zero-order chi connectivity index (χ0) is 20.7. The van der Waals surface area contributed by atoms with Gasteiger partial charge in [0.2, 0.25) is 0 Å². The third-order valence-electron chi connectivity index (χ3n) is 3.67. The maximum Gasteiger partial charge on any atom is 0.412 e. The lowest BCUT2D eigenvalue weighted by molar-refractivity contribution is 0.0635. The van der Waals surface area contributed by atoms with Crippen LogP contribution >= 0.6 is 0 Å². The fourth-order valence-corrected chi connectivity index (χ4v) is 2.43. The summed E-state index contributed by atoms with van der Waals surface area (Å²) in [6.07, 6.45) is -0.574. The molecule has 0 heterocycles. The predicted molar refractivity (Wildman–Crippen MR) is 107 cm³/mol. The summed E-state index contributed by atoms with van der Waals surface area (Å²) in [6.45, 7) is 5.67. The van der Waals surface area contributed by atoms with Crippen molar-refractivity contribution < 1.29 is 23.8 Å². The molecule has 0 bridgehead atoms. The molecule has 2 rings (SSSR count). The van der Waals surface area contributed by atoms with Crippen molar-refractivity contribution in [1.82, 2.24) is 5.32 Å². The minimum Gasteiger partial charge on any atom is -0.493 e. The molecule has 0 radical (unpaired) electrons. The molecule has 0 saturated carbocycles. The van der Waals surface area contributed by atoms with Crippen molar-refractivity contribution in [2.24, 2.45) is 0 Å². The highest BCUT2D eigenvalue weighted by molar-refractivity contribution is 5.96. The van der Waals surface area contributed by atoms with E-state index in [4.69, 9.17) is 14.2 Å². The Hall–Kier alpha value is -3.22. The van der Waals surface area contributed by atoms with Gasteiger partial charge in [0.1, 0.15) is 5.60 Å². The Morgan fingerprint density at radius 2 is 1.68 bits per heavy atom. The van der Waals surface area contributed by atoms with Crippen molar-refractivity contribution in [3.8, 4) is 11.5 Å². The number of methoxy groups -OCH3 is 2. The number of rotatable bonds is 6. The summed E-state index contributed by atoms with van der Waals surface area (Å²) >= 11 is 0. The number of benzene rings is 2. The lowest BCUT2D eigenvalue weighted by Crippen LogP contribution is -2.27. The average molecular weight is 386 g/mol. The lowest BCUT2D eigenvalue weighted by atomic mass is 10.1. The molecule has 0 aliphatic rings. The molecular formula is C21H26N2O5. The molecule has 0 aromatic heterocycles. The molecule has 150 valence electrons. The zero-order valence-electron chi connectivity index (χ0n) is 16.8. The second-order valence-corrected chi connectivity index (χ2v) is 7.08. The first-order valence-electron chi connectivity index (χ1n) is 8.81. The first-order chi connectivity index (χ1) is 13.2. The monoisotopic (exact) mass is 386 g/mol. The third-order valence-corrected chi connectivity index (χ3v) is 3.67. The van der Waals surface area contributed by atoms with Gasteiger partial charge in [0, 0.05) is 17.8 Å². The maximum atomic E-state index is 12.5. The van der Waals surface area contributed by atoms with Gasteiger partial charge in [0.25, 0.3) is 5.91 Å². The Labute approximate surface area is 165 Å². The standard InChI is InChI=1S/C21H26N2O5/c1-21(2,3)28-20(25)23-16-8-6-7-15(12-16)19(24)22-13-14-9-10-17(26-4)18(11-14)27-5/h6-12H,13H2,1-5H3,(H,22,24)(H,23,25). The number of carbonyl (C=O) groups is 2. The van der Waals surface area contributed by atoms with Crippen molar-refractivity contribution in [2.75, 3.05) is 19.5 Å². The van der Waals surface area contributed by atoms with Crippen molar-refractivity contribution in [3.05, 3.63) is 53.6 Å². The van der Waals surface area contributed by atoms with Crippen LogP contribution in [0.5, 0.6) is 11.5 Å². The summed E-state index contributed by atoms with van der Waals surface area (Å²) in [4.78, 5) is 24.3. The summed E-state index contributed by atoms with van der Waals surface area (Å²) < 4.78 is 15.7. The van der Waals surface area contributed by atoms with Gasteiger partial charge in [0.05, 0.1) is 14.2 Å². The van der Waals surface area contributed by atoms with Gasteiger partial charge < -0.3 is 19.5 Å². The van der Waals surface area contributed by atoms with Gasteiger partial charge >= 0.3 is 6.09 Å². The molecule has 28 heavy (non-hydrogen) atoms. The molecule has 0 aliphatic heterocycles. The zero-order valence-corrected chi connectivity index (χ0v) is 16.8. The molecule has 0 unspecified atom stereocenters. The summed E-state index contributed by atoms with van der Waals surface area (Å²) in [7, 11) is 3.13. The van der Waals surface area contributed by atoms with Gasteiger partial charge in [0.15, 0.2) is 11.5 Å². The number of amides is 2. The van der Waals surface area contributed by atoms with E-state index in [0.717, 1.165) is 5.56 Å². The Bertz CT molecular complexity index is 843. The van der Waals surface area contributed by atoms with Crippen molar-refractivity contribution in [1.29, 1.82) is 0 Å². The van der Waals surface area contributed by atoms with Gasteiger partial charge in [-0.05, 0) is 56.7 Å². The summed E-state index contributed by atoms with van der Waals surface area (Å²) in [6, 6.07) is 12.1. The fourth-order valence-electron chi connectivity index (χ4n) is 2.43. The van der Waals surface area contributed by atoms with Crippen LogP contribution in [0.1, 0.15) is 36.7 Å². The van der Waals surface area contributed by atoms with Gasteiger partial charge in [-0.1, -0.05) is 12.1 Å². The summed E-state index contributed by atoms with van der Waals surface area (Å²) in [5.74, 6) is 0.957. The van der Waals surface area contributed by atoms with E-state index in [9.17, 15) is 9.59 Å². The number of carbonyl (C=O) groups excluding carboxylic acids is 2. The van der Waals surface area contributed by atoms with Crippen molar-refractivity contribution in [3.63, 3.8) is 0 Å². The molecule has 0 spiro atoms. The quantitative estimate of drug-likeness (QED) is 0.784. The Morgan fingerprint density at radius 1 is 0.964 bits per heavy atom. The molecule has 2 aromatic rings. The highest BCUT2D eigenvalue weighted by Gasteiger charge is 2.16. The molecule has 2 aromatic carbocycles. The van der Waals surface area contributed by atoms with E-state index in [1.165, 1.54) is 0 Å². The maximum absolute atomic E-state index is 12.5. The van der Waals surface area contributed by atoms with Gasteiger partial charge in [-0.25, -0.2) is 4.79 Å². The molecule has 2 N–H and O–H groups in total. The van der Waals surface area contributed by atoms with E-state index in [0.29, 0.717) is 29.3 Å². The Kier molecular flexibility index (Phi) is 6.87. The number of ether oxygens (including phenoxy) is 3. The predicted octanol–water partition coefficient (Wildman–Crippen LogP) is 3.98. The van der Waals surface area contributed by atoms with Crippen LogP contribution in [0, 0.1) is 0 Å². The SMILES string of the molecule is COc1ccc(CNC(=O)c2cccc(NC(=O)OC(C)(C)C)c2)cc1OC. The van der Waals surface area contributed by atoms with Gasteiger partial charge in [-0.3, -0.25) is 10.1 Å². The van der Waals surface area contributed by atoms with E-state index < -0.39 is 11.7 Å². The van der Waals surface area contributed by atoms with Crippen LogP contribution in [0.15, 0.2) is 42.5 Å². The summed E-state index contributed by atoms with van der Waals surface area (Å²) in [5.41, 5.74) is 1.18. The van der Waals surface area contributed by atoms with Crippen molar-refractivity contribution in [2.45, 2.75) is 32.9 Å². The van der Waals surface area contributed by atoms with Crippen LogP contribution in [0.3, 0.4) is 0 Å². The van der Waals surface area contributed by atoms with E-state index in [1.54, 1.807) is 71.4 Å². The first kappa shape index (κ1) is 21.1. The summed E-state index contributed by atoms with van der Waals surface area (Å²) in [5, 5.41) is 5.47. The van der Waals surface area contributed by atoms with E-state index in [-0.39, 0.29) is 5.91 Å². The van der Waals surface area contributed by atoms with Crippen LogP contribution in [-0.4, -0.2) is 31.8 Å². The largest absolute Gasteiger partial charge is 0.493 e. The Morgan fingerprint density at radius 3 is 2.32 bits per heavy atom. The van der Waals surface area contributed by atoms with E-state index in [1.807, 2.05) is 6.07 Å². The molecule has 2 amide bonds. The molecule has 7 heteroatoms. The van der Waals surface area contributed by atoms with Crippen LogP contribution in [0.4, 0.5) is 10.5 Å². The fraction of sp³-hybridized carbons (Fsp3) is 0.333. The van der Waals surface area contributed by atoms with E-state index >= 15 is 0 Å². The van der Waals surface area contributed by atoms with Gasteiger partial charge in [-0.2, -0.15) is 0 Å². The second-order valence-electron chi connectivity index (χ2n) is 7.08. The van der Waals surface area contributed by atoms with E-state index in [2.05, 4.69) is 10.6 Å². The number of hydrogen-bond donors (Lipinski definition) is 2. The highest BCUT2D eigenvalue weighted by Crippen LogP contribution is 2.27. The highest BCUT2D eigenvalue weighted by atomic mass is 16.6. The third kappa shape index (κ3) is 6.19. The molecular weight excluding hydrogens is 360 g/mol. The average Bonchev–Trinajstić information content (AvgIpc) is 2.64. The molecule has 0 fully saturated rings. The smallest absolute Gasteiger partial charge is 0.412 e. The molecule has 0 aliphatic carbocycles. The topological polar surface area (TPSA) is 85.9 Å². The van der Waals surface area contributed by atoms with Crippen LogP contribution < -0.4 is 20.1 Å². The molecule has 7 nitrogen and oxygen atoms in total. The number of nitrogens with one attached hydrogen (secondary N) is 2. The van der Waals surface area contributed by atoms with Crippen molar-refractivity contribution >= 4 is 17.7 Å². The molecule has 0 atom stereocenters. The second kappa shape index (κ2) is 9.12. The normalized spacial score (nSPS) is 10.8. The number of anilines is 1. The van der Waals surface area contributed by atoms with Crippen LogP contribution in [0.2, 0.25) is 0 Å². The minimum absolute atomic E-state index is 0.261. The molecule has 0 saturated heterocycles. The van der Waals surface area contributed by atoms with Gasteiger partial charge in [-0.15, -0.1) is 0 Å². The lowest BCUT2D eigenvalue weighted by Gasteiger charge is -2.19.